The first-order chi connectivity index (χ1) is 9.63. The molecule has 5 heteroatoms. The van der Waals surface area contributed by atoms with Crippen molar-refractivity contribution >= 4 is 17.5 Å². The Kier molecular flexibility index (Phi) is 5.49. The van der Waals surface area contributed by atoms with Gasteiger partial charge in [-0.3, -0.25) is 9.59 Å². The molecule has 0 radical (unpaired) electrons. The van der Waals surface area contributed by atoms with E-state index in [1.165, 1.54) is 0 Å². The van der Waals surface area contributed by atoms with E-state index in [4.69, 9.17) is 0 Å². The standard InChI is InChI=1S/C16H24N2O3/c1-10(2)16(5,21)9-17-14(19)15(20)18-13-8-11(3)6-7-12(13)4/h6-8,10,21H,9H2,1-5H3,(H,17,19)(H,18,20). The minimum atomic E-state index is -1.05. The summed E-state index contributed by atoms with van der Waals surface area (Å²) in [5.41, 5.74) is 1.45. The SMILES string of the molecule is Cc1ccc(C)c(NC(=O)C(=O)NCC(C)(O)C(C)C)c1. The molecule has 1 atom stereocenters. The Balaban J connectivity index is 2.64. The third-order valence-electron chi connectivity index (χ3n) is 3.70. The molecular weight excluding hydrogens is 268 g/mol. The first-order valence-electron chi connectivity index (χ1n) is 7.02. The van der Waals surface area contributed by atoms with Crippen molar-refractivity contribution in [2.75, 3.05) is 11.9 Å². The van der Waals surface area contributed by atoms with Crippen LogP contribution >= 0.6 is 0 Å². The molecule has 0 heterocycles. The number of nitrogens with one attached hydrogen (secondary N) is 2. The number of carbonyl (C=O) groups excluding carboxylic acids is 2. The van der Waals surface area contributed by atoms with Gasteiger partial charge in [-0.15, -0.1) is 0 Å². The van der Waals surface area contributed by atoms with Crippen molar-refractivity contribution in [3.8, 4) is 0 Å². The smallest absolute Gasteiger partial charge is 0.313 e. The fourth-order valence-corrected chi connectivity index (χ4v) is 1.59. The van der Waals surface area contributed by atoms with Crippen LogP contribution in [-0.2, 0) is 9.59 Å². The highest BCUT2D eigenvalue weighted by Gasteiger charge is 2.26. The number of carbonyl (C=O) groups is 2. The fourth-order valence-electron chi connectivity index (χ4n) is 1.59. The summed E-state index contributed by atoms with van der Waals surface area (Å²) in [4.78, 5) is 23.6. The van der Waals surface area contributed by atoms with Crippen molar-refractivity contribution in [1.29, 1.82) is 0 Å². The number of aryl methyl sites for hydroxylation is 2. The molecule has 0 aliphatic carbocycles. The zero-order chi connectivity index (χ0) is 16.2. The molecule has 0 aromatic heterocycles. The number of benzene rings is 1. The van der Waals surface area contributed by atoms with Gasteiger partial charge in [0.15, 0.2) is 0 Å². The molecule has 21 heavy (non-hydrogen) atoms. The van der Waals surface area contributed by atoms with Crippen molar-refractivity contribution < 1.29 is 14.7 Å². The van der Waals surface area contributed by atoms with Crippen molar-refractivity contribution in [2.45, 2.75) is 40.2 Å². The number of rotatable bonds is 4. The van der Waals surface area contributed by atoms with E-state index >= 15 is 0 Å². The van der Waals surface area contributed by atoms with Gasteiger partial charge in [0.1, 0.15) is 0 Å². The molecule has 0 saturated carbocycles. The summed E-state index contributed by atoms with van der Waals surface area (Å²) < 4.78 is 0. The quantitative estimate of drug-likeness (QED) is 0.740. The molecule has 0 aliphatic heterocycles. The lowest BCUT2D eigenvalue weighted by atomic mass is 9.92. The Bertz CT molecular complexity index is 536. The summed E-state index contributed by atoms with van der Waals surface area (Å²) in [6.07, 6.45) is 0. The number of amides is 2. The number of hydrogen-bond donors (Lipinski definition) is 3. The summed E-state index contributed by atoms with van der Waals surface area (Å²) in [6, 6.07) is 5.63. The number of anilines is 1. The van der Waals surface area contributed by atoms with E-state index < -0.39 is 17.4 Å². The third-order valence-corrected chi connectivity index (χ3v) is 3.70. The molecule has 0 bridgehead atoms. The molecular formula is C16H24N2O3. The molecule has 0 spiro atoms. The van der Waals surface area contributed by atoms with Crippen LogP contribution in [0.4, 0.5) is 5.69 Å². The first kappa shape index (κ1) is 17.2. The molecule has 5 nitrogen and oxygen atoms in total. The van der Waals surface area contributed by atoms with Gasteiger partial charge in [-0.25, -0.2) is 0 Å². The van der Waals surface area contributed by atoms with E-state index in [0.29, 0.717) is 5.69 Å². The molecule has 0 fully saturated rings. The highest BCUT2D eigenvalue weighted by atomic mass is 16.3. The highest BCUT2D eigenvalue weighted by molar-refractivity contribution is 6.39. The second-order valence-corrected chi connectivity index (χ2v) is 5.97. The molecule has 1 unspecified atom stereocenters. The molecule has 0 saturated heterocycles. The lowest BCUT2D eigenvalue weighted by Gasteiger charge is -2.27. The van der Waals surface area contributed by atoms with Gasteiger partial charge in [0.2, 0.25) is 0 Å². The van der Waals surface area contributed by atoms with Gasteiger partial charge in [0.25, 0.3) is 0 Å². The van der Waals surface area contributed by atoms with E-state index in [1.807, 2.05) is 45.9 Å². The molecule has 0 aliphatic rings. The lowest BCUT2D eigenvalue weighted by molar-refractivity contribution is -0.137. The van der Waals surface area contributed by atoms with Crippen molar-refractivity contribution in [2.24, 2.45) is 5.92 Å². The summed E-state index contributed by atoms with van der Waals surface area (Å²) >= 11 is 0. The fraction of sp³-hybridized carbons (Fsp3) is 0.500. The van der Waals surface area contributed by atoms with Crippen LogP contribution in [0.3, 0.4) is 0 Å². The van der Waals surface area contributed by atoms with Crippen molar-refractivity contribution in [1.82, 2.24) is 5.32 Å². The topological polar surface area (TPSA) is 78.4 Å². The Labute approximate surface area is 125 Å². The molecule has 116 valence electrons. The van der Waals surface area contributed by atoms with Gasteiger partial charge in [0.05, 0.1) is 5.60 Å². The van der Waals surface area contributed by atoms with Gasteiger partial charge in [-0.2, -0.15) is 0 Å². The highest BCUT2D eigenvalue weighted by Crippen LogP contribution is 2.16. The summed E-state index contributed by atoms with van der Waals surface area (Å²) in [5, 5.41) is 15.1. The summed E-state index contributed by atoms with van der Waals surface area (Å²) in [7, 11) is 0. The average Bonchev–Trinajstić information content (AvgIpc) is 2.40. The van der Waals surface area contributed by atoms with Crippen LogP contribution in [0.15, 0.2) is 18.2 Å². The largest absolute Gasteiger partial charge is 0.388 e. The minimum absolute atomic E-state index is 0.0279. The maximum absolute atomic E-state index is 11.9. The van der Waals surface area contributed by atoms with E-state index in [-0.39, 0.29) is 12.5 Å². The van der Waals surface area contributed by atoms with Crippen LogP contribution in [0, 0.1) is 19.8 Å². The second kappa shape index (κ2) is 6.72. The van der Waals surface area contributed by atoms with Crippen LogP contribution < -0.4 is 10.6 Å². The lowest BCUT2D eigenvalue weighted by Crippen LogP contribution is -2.47. The third kappa shape index (κ3) is 4.86. The second-order valence-electron chi connectivity index (χ2n) is 5.97. The van der Waals surface area contributed by atoms with E-state index in [0.717, 1.165) is 11.1 Å². The van der Waals surface area contributed by atoms with E-state index in [9.17, 15) is 14.7 Å². The zero-order valence-electron chi connectivity index (χ0n) is 13.3. The van der Waals surface area contributed by atoms with Gasteiger partial charge in [0, 0.05) is 12.2 Å². The van der Waals surface area contributed by atoms with Gasteiger partial charge < -0.3 is 15.7 Å². The van der Waals surface area contributed by atoms with E-state index in [1.54, 1.807) is 6.92 Å². The minimum Gasteiger partial charge on any atom is -0.388 e. The number of aliphatic hydroxyl groups is 1. The maximum atomic E-state index is 11.9. The zero-order valence-corrected chi connectivity index (χ0v) is 13.3. The molecule has 1 rings (SSSR count). The molecule has 1 aromatic carbocycles. The van der Waals surface area contributed by atoms with Gasteiger partial charge >= 0.3 is 11.8 Å². The van der Waals surface area contributed by atoms with Crippen LogP contribution in [0.5, 0.6) is 0 Å². The number of hydrogen-bond acceptors (Lipinski definition) is 3. The Morgan fingerprint density at radius 2 is 1.86 bits per heavy atom. The van der Waals surface area contributed by atoms with Crippen LogP contribution in [0.2, 0.25) is 0 Å². The Morgan fingerprint density at radius 3 is 2.43 bits per heavy atom. The molecule has 2 amide bonds. The maximum Gasteiger partial charge on any atom is 0.313 e. The normalized spacial score (nSPS) is 13.7. The van der Waals surface area contributed by atoms with Crippen LogP contribution in [0.1, 0.15) is 31.9 Å². The summed E-state index contributed by atoms with van der Waals surface area (Å²) in [6.45, 7) is 9.13. The van der Waals surface area contributed by atoms with Crippen molar-refractivity contribution in [3.05, 3.63) is 29.3 Å². The monoisotopic (exact) mass is 292 g/mol. The van der Waals surface area contributed by atoms with Crippen molar-refractivity contribution in [3.63, 3.8) is 0 Å². The van der Waals surface area contributed by atoms with E-state index in [2.05, 4.69) is 10.6 Å². The molecule has 1 aromatic rings. The predicted molar refractivity (Wildman–Crippen MR) is 83.0 cm³/mol. The molecule has 3 N–H and O–H groups in total. The Morgan fingerprint density at radius 1 is 1.24 bits per heavy atom. The van der Waals surface area contributed by atoms with Gasteiger partial charge in [-0.05, 0) is 43.9 Å². The van der Waals surface area contributed by atoms with Gasteiger partial charge in [-0.1, -0.05) is 26.0 Å². The average molecular weight is 292 g/mol. The predicted octanol–water partition coefficient (Wildman–Crippen LogP) is 1.77. The van der Waals surface area contributed by atoms with Crippen LogP contribution in [0.25, 0.3) is 0 Å². The summed E-state index contributed by atoms with van der Waals surface area (Å²) in [5.74, 6) is -1.51. The Hall–Kier alpha value is -1.88. The first-order valence-corrected chi connectivity index (χ1v) is 7.02. The van der Waals surface area contributed by atoms with Crippen LogP contribution in [-0.4, -0.2) is 29.1 Å².